The van der Waals surface area contributed by atoms with Gasteiger partial charge in [-0.3, -0.25) is 9.59 Å². The fourth-order valence-corrected chi connectivity index (χ4v) is 5.82. The molecule has 0 fully saturated rings. The molecule has 6 rings (SSSR count). The summed E-state index contributed by atoms with van der Waals surface area (Å²) in [6, 6.07) is 29.4. The molecule has 0 amide bonds. The van der Waals surface area contributed by atoms with Gasteiger partial charge in [-0.25, -0.2) is 14.4 Å². The van der Waals surface area contributed by atoms with Crippen LogP contribution in [0.1, 0.15) is 67.2 Å². The predicted molar refractivity (Wildman–Crippen MR) is 250 cm³/mol. The average Bonchev–Trinajstić information content (AvgIpc) is 3.29. The Morgan fingerprint density at radius 1 is 0.522 bits per heavy atom. The van der Waals surface area contributed by atoms with E-state index in [1.807, 2.05) is 18.7 Å². The van der Waals surface area contributed by atoms with Crippen molar-refractivity contribution in [1.29, 1.82) is 0 Å². The molecule has 0 aliphatic rings. The molecule has 17 nitrogen and oxygen atoms in total. The normalized spacial score (nSPS) is 10.3. The summed E-state index contributed by atoms with van der Waals surface area (Å²) in [5.41, 5.74) is 8.39. The molecule has 0 radical (unpaired) electrons. The molecule has 0 heterocycles. The molecule has 0 saturated carbocycles. The number of nitrogens with two attached hydrogens (primary N) is 1. The quantitative estimate of drug-likeness (QED) is 0.0300. The molecule has 0 aliphatic heterocycles. The number of ether oxygens (including phenoxy) is 1. The average molecular weight is 917 g/mol. The summed E-state index contributed by atoms with van der Waals surface area (Å²) in [6.07, 6.45) is 5.05. The number of carboxylic acids is 3. The van der Waals surface area contributed by atoms with Crippen molar-refractivity contribution in [3.05, 3.63) is 172 Å². The third-order valence-corrected chi connectivity index (χ3v) is 9.19. The minimum Gasteiger partial charge on any atom is -0.508 e. The van der Waals surface area contributed by atoms with E-state index in [-0.39, 0.29) is 62.3 Å². The van der Waals surface area contributed by atoms with Crippen LogP contribution in [0.2, 0.25) is 0 Å². The maximum atomic E-state index is 12.6. The monoisotopic (exact) mass is 916 g/mol. The zero-order valence-corrected chi connectivity index (χ0v) is 36.3. The molecule has 0 aromatic heterocycles. The number of hydrogen-bond donors (Lipinski definition) is 10. The first-order valence-corrected chi connectivity index (χ1v) is 19.9. The molecule has 0 bridgehead atoms. The highest BCUT2D eigenvalue weighted by atomic mass is 16.5. The molecule has 0 spiro atoms. The maximum Gasteiger partial charge on any atom is 0.336 e. The second-order valence-electron chi connectivity index (χ2n) is 13.7. The van der Waals surface area contributed by atoms with E-state index in [2.05, 4.69) is 0 Å². The number of carbonyl (C=O) groups excluding carboxylic acids is 2. The van der Waals surface area contributed by atoms with E-state index in [4.69, 9.17) is 30.9 Å². The van der Waals surface area contributed by atoms with Crippen molar-refractivity contribution in [2.75, 3.05) is 30.8 Å². The van der Waals surface area contributed by atoms with Crippen LogP contribution in [0.3, 0.4) is 0 Å². The van der Waals surface area contributed by atoms with E-state index >= 15 is 0 Å². The van der Waals surface area contributed by atoms with Crippen LogP contribution in [-0.4, -0.2) is 95.6 Å². The molecule has 0 saturated heterocycles. The largest absolute Gasteiger partial charge is 0.508 e. The second-order valence-corrected chi connectivity index (χ2v) is 13.7. The second kappa shape index (κ2) is 25.1. The summed E-state index contributed by atoms with van der Waals surface area (Å²) in [4.78, 5) is 58.2. The Hall–Kier alpha value is -9.25. The molecule has 0 unspecified atom stereocenters. The third kappa shape index (κ3) is 15.8. The molecule has 17 heteroatoms. The molecule has 0 atom stereocenters. The zero-order valence-electron chi connectivity index (χ0n) is 36.3. The SMILES string of the molecule is CCN(CC)c1ccc(C(=O)c2ccccc2C(=O)O)c(O)c1.COc1cc(/C=C/C(=O)O)ccc1O.Nc1ccc(/C=C/C(=O)O)cc1.O=C(c1ccc(O)cc1O)c1ccc(O)cc1O. The van der Waals surface area contributed by atoms with Crippen LogP contribution in [0.15, 0.2) is 133 Å². The highest BCUT2D eigenvalue weighted by molar-refractivity contribution is 6.15. The Bertz CT molecular complexity index is 2710. The number of nitrogens with zero attached hydrogens (tertiary/aromatic N) is 1. The molecular formula is C50H48N2O15. The van der Waals surface area contributed by atoms with Crippen LogP contribution >= 0.6 is 0 Å². The van der Waals surface area contributed by atoms with Gasteiger partial charge in [0.25, 0.3) is 0 Å². The van der Waals surface area contributed by atoms with Crippen LogP contribution in [0.25, 0.3) is 12.2 Å². The number of hydrogen-bond acceptors (Lipinski definition) is 14. The van der Waals surface area contributed by atoms with E-state index in [0.29, 0.717) is 17.0 Å². The summed E-state index contributed by atoms with van der Waals surface area (Å²) in [7, 11) is 1.43. The first-order valence-electron chi connectivity index (χ1n) is 19.9. The standard InChI is InChI=1S/C18H19NO4.C13H10O5.C10H10O4.C9H9NO2/c1-3-19(4-2)12-9-10-15(16(20)11-12)17(21)13-7-5-6-8-14(13)18(22)23;14-7-1-3-9(11(16)5-7)13(18)10-4-2-8(15)6-12(10)17;1-14-9-6-7(2-4-8(9)11)3-5-10(12)13;10-8-4-1-7(2-5-8)3-6-9(11)12/h5-11,20H,3-4H2,1-2H3,(H,22,23);1-6,14-17H;2-6,11H,1H3,(H,12,13);1-6H,10H2,(H,11,12)/b;;5-3+;6-3+. The van der Waals surface area contributed by atoms with Crippen LogP contribution in [0, 0.1) is 0 Å². The van der Waals surface area contributed by atoms with Crippen LogP contribution in [0.4, 0.5) is 11.4 Å². The number of anilines is 2. The number of nitrogen functional groups attached to an aromatic ring is 1. The van der Waals surface area contributed by atoms with Gasteiger partial charge in [0.1, 0.15) is 28.7 Å². The predicted octanol–water partition coefficient (Wildman–Crippen LogP) is 7.77. The highest BCUT2D eigenvalue weighted by Crippen LogP contribution is 2.31. The van der Waals surface area contributed by atoms with Crippen molar-refractivity contribution in [3.63, 3.8) is 0 Å². The summed E-state index contributed by atoms with van der Waals surface area (Å²) in [5, 5.41) is 82.7. The van der Waals surface area contributed by atoms with Gasteiger partial charge in [-0.1, -0.05) is 36.4 Å². The minimum atomic E-state index is -1.17. The Kier molecular flexibility index (Phi) is 19.6. The van der Waals surface area contributed by atoms with E-state index < -0.39 is 29.5 Å². The number of rotatable bonds is 13. The van der Waals surface area contributed by atoms with Crippen molar-refractivity contribution in [2.45, 2.75) is 13.8 Å². The molecule has 0 aliphatic carbocycles. The van der Waals surface area contributed by atoms with Crippen molar-refractivity contribution in [3.8, 4) is 40.2 Å². The van der Waals surface area contributed by atoms with E-state index in [1.165, 1.54) is 73.9 Å². The lowest BCUT2D eigenvalue weighted by molar-refractivity contribution is -0.132. The topological polar surface area (TPSA) is 306 Å². The Morgan fingerprint density at radius 2 is 0.970 bits per heavy atom. The number of carbonyl (C=O) groups is 5. The van der Waals surface area contributed by atoms with Gasteiger partial charge in [-0.05, 0) is 104 Å². The van der Waals surface area contributed by atoms with Gasteiger partial charge in [-0.2, -0.15) is 0 Å². The molecule has 11 N–H and O–H groups in total. The number of ketones is 2. The van der Waals surface area contributed by atoms with Gasteiger partial charge < -0.3 is 61.3 Å². The third-order valence-electron chi connectivity index (χ3n) is 9.19. The highest BCUT2D eigenvalue weighted by Gasteiger charge is 2.21. The first kappa shape index (κ1) is 52.1. The van der Waals surface area contributed by atoms with Gasteiger partial charge in [0.15, 0.2) is 23.1 Å². The van der Waals surface area contributed by atoms with Gasteiger partial charge in [0.2, 0.25) is 0 Å². The fourth-order valence-electron chi connectivity index (χ4n) is 5.82. The van der Waals surface area contributed by atoms with Crippen LogP contribution in [0.5, 0.6) is 40.2 Å². The molecular weight excluding hydrogens is 869 g/mol. The number of aromatic hydroxyl groups is 6. The summed E-state index contributed by atoms with van der Waals surface area (Å²) in [6.45, 7) is 5.57. The molecule has 348 valence electrons. The smallest absolute Gasteiger partial charge is 0.336 e. The molecule has 67 heavy (non-hydrogen) atoms. The number of methoxy groups -OCH3 is 1. The number of aromatic carboxylic acids is 1. The van der Waals surface area contributed by atoms with E-state index in [0.717, 1.165) is 48.6 Å². The van der Waals surface area contributed by atoms with Gasteiger partial charge in [-0.15, -0.1) is 0 Å². The van der Waals surface area contributed by atoms with Gasteiger partial charge in [0.05, 0.1) is 29.4 Å². The van der Waals surface area contributed by atoms with E-state index in [9.17, 15) is 49.5 Å². The summed E-state index contributed by atoms with van der Waals surface area (Å²) < 4.78 is 4.86. The Morgan fingerprint density at radius 3 is 1.42 bits per heavy atom. The summed E-state index contributed by atoms with van der Waals surface area (Å²) >= 11 is 0. The lowest BCUT2D eigenvalue weighted by Gasteiger charge is -2.21. The number of aliphatic carboxylic acids is 2. The minimum absolute atomic E-state index is 0.0278. The van der Waals surface area contributed by atoms with Gasteiger partial charge in [0, 0.05) is 60.4 Å². The van der Waals surface area contributed by atoms with Crippen molar-refractivity contribution in [2.24, 2.45) is 0 Å². The molecule has 6 aromatic carbocycles. The number of phenols is 6. The number of benzene rings is 6. The summed E-state index contributed by atoms with van der Waals surface area (Å²) in [5.74, 6) is -5.16. The number of carboxylic acid groups (broad SMARTS) is 3. The van der Waals surface area contributed by atoms with Crippen molar-refractivity contribution >= 4 is 53.0 Å². The van der Waals surface area contributed by atoms with Crippen molar-refractivity contribution < 1.29 is 74.7 Å². The maximum absolute atomic E-state index is 12.6. The van der Waals surface area contributed by atoms with E-state index in [1.54, 1.807) is 54.6 Å². The number of phenolic OH excluding ortho intramolecular Hbond substituents is 6. The Balaban J connectivity index is 0.000000244. The lowest BCUT2D eigenvalue weighted by atomic mass is 9.97. The van der Waals surface area contributed by atoms with Gasteiger partial charge >= 0.3 is 17.9 Å². The lowest BCUT2D eigenvalue weighted by Crippen LogP contribution is -2.21. The molecule has 6 aromatic rings. The Labute approximate surface area is 384 Å². The van der Waals surface area contributed by atoms with Crippen LogP contribution < -0.4 is 15.4 Å². The zero-order chi connectivity index (χ0) is 49.8. The fraction of sp³-hybridized carbons (Fsp3) is 0.100. The van der Waals surface area contributed by atoms with Crippen molar-refractivity contribution in [1.82, 2.24) is 0 Å². The first-order chi connectivity index (χ1) is 31.8. The van der Waals surface area contributed by atoms with Crippen LogP contribution in [-0.2, 0) is 9.59 Å².